The Labute approximate surface area is 107 Å². The molecule has 2 nitrogen and oxygen atoms in total. The van der Waals surface area contributed by atoms with Gasteiger partial charge in [-0.25, -0.2) is 8.78 Å². The van der Waals surface area contributed by atoms with E-state index in [1.54, 1.807) is 12.1 Å². The average Bonchev–Trinajstić information content (AvgIpc) is 2.40. The number of hydrogen-bond donors (Lipinski definition) is 1. The third kappa shape index (κ3) is 3.27. The summed E-state index contributed by atoms with van der Waals surface area (Å²) in [6, 6.07) is 6.75. The summed E-state index contributed by atoms with van der Waals surface area (Å²) in [5.74, 6) is -2.70. The van der Waals surface area contributed by atoms with Gasteiger partial charge in [0, 0.05) is 44.7 Å². The molecule has 1 fully saturated rings. The minimum atomic E-state index is -2.70. The summed E-state index contributed by atoms with van der Waals surface area (Å²) in [7, 11) is 0. The van der Waals surface area contributed by atoms with Gasteiger partial charge >= 0.3 is 0 Å². The van der Waals surface area contributed by atoms with Crippen molar-refractivity contribution >= 4 is 0 Å². The molecular weight excluding hydrogens is 234 g/mol. The Balaban J connectivity index is 1.99. The molecule has 1 aromatic carbocycles. The zero-order valence-corrected chi connectivity index (χ0v) is 10.8. The molecule has 0 aliphatic carbocycles. The first kappa shape index (κ1) is 13.4. The number of nitrogens with zero attached hydrogens (tertiary/aromatic N) is 1. The van der Waals surface area contributed by atoms with Crippen molar-refractivity contribution in [2.75, 3.05) is 26.2 Å². The number of benzene rings is 1. The number of rotatable bonds is 4. The van der Waals surface area contributed by atoms with Crippen molar-refractivity contribution in [2.24, 2.45) is 0 Å². The Morgan fingerprint density at radius 1 is 1.17 bits per heavy atom. The fraction of sp³-hybridized carbons (Fsp3) is 0.571. The minimum Gasteiger partial charge on any atom is -0.314 e. The van der Waals surface area contributed by atoms with Gasteiger partial charge in [0.25, 0.3) is 5.92 Å². The van der Waals surface area contributed by atoms with Crippen LogP contribution in [0.25, 0.3) is 0 Å². The molecule has 0 bridgehead atoms. The van der Waals surface area contributed by atoms with Crippen LogP contribution in [0.4, 0.5) is 8.78 Å². The number of nitrogens with one attached hydrogen (secondary N) is 1. The van der Waals surface area contributed by atoms with Crippen molar-refractivity contribution in [1.29, 1.82) is 0 Å². The van der Waals surface area contributed by atoms with Gasteiger partial charge in [0.2, 0.25) is 0 Å². The predicted octanol–water partition coefficient (Wildman–Crippen LogP) is 2.59. The topological polar surface area (TPSA) is 15.3 Å². The maximum atomic E-state index is 13.5. The Bertz CT molecular complexity index is 370. The summed E-state index contributed by atoms with van der Waals surface area (Å²) in [5, 5.41) is 3.30. The molecule has 0 aromatic heterocycles. The van der Waals surface area contributed by atoms with Crippen molar-refractivity contribution in [2.45, 2.75) is 25.8 Å². The zero-order valence-electron chi connectivity index (χ0n) is 10.8. The summed E-state index contributed by atoms with van der Waals surface area (Å²) >= 11 is 0. The lowest BCUT2D eigenvalue weighted by Gasteiger charge is -2.27. The van der Waals surface area contributed by atoms with Crippen LogP contribution in [0.5, 0.6) is 0 Å². The SMILES string of the molecule is CCC(F)(F)c1ccc(CN2CCNCC2)cc1. The first-order chi connectivity index (χ1) is 8.62. The van der Waals surface area contributed by atoms with Gasteiger partial charge in [-0.05, 0) is 5.56 Å². The van der Waals surface area contributed by atoms with Crippen LogP contribution in [-0.4, -0.2) is 31.1 Å². The molecular formula is C14H20F2N2. The molecule has 0 amide bonds. The molecule has 1 saturated heterocycles. The molecule has 1 N–H and O–H groups in total. The van der Waals surface area contributed by atoms with Crippen LogP contribution in [0.1, 0.15) is 24.5 Å². The lowest BCUT2D eigenvalue weighted by molar-refractivity contribution is -0.00830. The molecule has 0 saturated carbocycles. The van der Waals surface area contributed by atoms with Crippen LogP contribution in [0.3, 0.4) is 0 Å². The summed E-state index contributed by atoms with van der Waals surface area (Å²) in [6.07, 6.45) is -0.149. The van der Waals surface area contributed by atoms with Crippen LogP contribution in [0, 0.1) is 0 Å². The first-order valence-electron chi connectivity index (χ1n) is 6.52. The molecule has 1 aliphatic heterocycles. The van der Waals surface area contributed by atoms with E-state index in [0.717, 1.165) is 38.3 Å². The second-order valence-corrected chi connectivity index (χ2v) is 4.78. The van der Waals surface area contributed by atoms with Gasteiger partial charge < -0.3 is 5.32 Å². The summed E-state index contributed by atoms with van der Waals surface area (Å²) in [5.41, 5.74) is 1.22. The second kappa shape index (κ2) is 5.76. The van der Waals surface area contributed by atoms with Crippen LogP contribution >= 0.6 is 0 Å². The van der Waals surface area contributed by atoms with Crippen LogP contribution < -0.4 is 5.32 Å². The summed E-state index contributed by atoms with van der Waals surface area (Å²) in [4.78, 5) is 2.34. The molecule has 0 radical (unpaired) electrons. The molecule has 1 aromatic rings. The molecule has 18 heavy (non-hydrogen) atoms. The normalized spacial score (nSPS) is 17.9. The van der Waals surface area contributed by atoms with Gasteiger partial charge in [-0.1, -0.05) is 31.2 Å². The van der Waals surface area contributed by atoms with Crippen molar-refractivity contribution in [3.63, 3.8) is 0 Å². The van der Waals surface area contributed by atoms with Gasteiger partial charge in [-0.2, -0.15) is 0 Å². The van der Waals surface area contributed by atoms with Gasteiger partial charge in [0.1, 0.15) is 0 Å². The monoisotopic (exact) mass is 254 g/mol. The van der Waals surface area contributed by atoms with E-state index in [0.29, 0.717) is 0 Å². The lowest BCUT2D eigenvalue weighted by atomic mass is 10.0. The van der Waals surface area contributed by atoms with E-state index >= 15 is 0 Å². The van der Waals surface area contributed by atoms with Crippen molar-refractivity contribution in [3.05, 3.63) is 35.4 Å². The van der Waals surface area contributed by atoms with E-state index in [2.05, 4.69) is 10.2 Å². The average molecular weight is 254 g/mol. The largest absolute Gasteiger partial charge is 0.314 e. The van der Waals surface area contributed by atoms with Gasteiger partial charge in [0.05, 0.1) is 0 Å². The standard InChI is InChI=1S/C14H20F2N2/c1-2-14(15,16)13-5-3-12(4-6-13)11-18-9-7-17-8-10-18/h3-6,17H,2,7-11H2,1H3. The van der Waals surface area contributed by atoms with E-state index in [9.17, 15) is 8.78 Å². The Kier molecular flexibility index (Phi) is 4.30. The molecule has 2 rings (SSSR count). The molecule has 0 unspecified atom stereocenters. The van der Waals surface area contributed by atoms with Gasteiger partial charge in [0.15, 0.2) is 0 Å². The van der Waals surface area contributed by atoms with E-state index in [1.165, 1.54) is 6.92 Å². The molecule has 100 valence electrons. The highest BCUT2D eigenvalue weighted by Crippen LogP contribution is 2.31. The van der Waals surface area contributed by atoms with E-state index in [-0.39, 0.29) is 12.0 Å². The number of halogens is 2. The zero-order chi connectivity index (χ0) is 13.0. The summed E-state index contributed by atoms with van der Waals surface area (Å²) in [6.45, 7) is 6.41. The quantitative estimate of drug-likeness (QED) is 0.888. The molecule has 0 spiro atoms. The molecule has 1 aliphatic rings. The van der Waals surface area contributed by atoms with Crippen LogP contribution in [0.15, 0.2) is 24.3 Å². The number of piperazine rings is 1. The highest BCUT2D eigenvalue weighted by atomic mass is 19.3. The molecule has 4 heteroatoms. The third-order valence-corrected chi connectivity index (χ3v) is 3.44. The third-order valence-electron chi connectivity index (χ3n) is 3.44. The number of hydrogen-bond acceptors (Lipinski definition) is 2. The smallest absolute Gasteiger partial charge is 0.273 e. The minimum absolute atomic E-state index is 0.120. The van der Waals surface area contributed by atoms with Crippen molar-refractivity contribution < 1.29 is 8.78 Å². The highest BCUT2D eigenvalue weighted by molar-refractivity contribution is 5.25. The first-order valence-corrected chi connectivity index (χ1v) is 6.52. The maximum Gasteiger partial charge on any atom is 0.273 e. The highest BCUT2D eigenvalue weighted by Gasteiger charge is 2.28. The predicted molar refractivity (Wildman–Crippen MR) is 68.8 cm³/mol. The Morgan fingerprint density at radius 2 is 1.78 bits per heavy atom. The second-order valence-electron chi connectivity index (χ2n) is 4.78. The van der Waals surface area contributed by atoms with Crippen molar-refractivity contribution in [3.8, 4) is 0 Å². The number of alkyl halides is 2. The van der Waals surface area contributed by atoms with E-state index in [1.807, 2.05) is 12.1 Å². The fourth-order valence-electron chi connectivity index (χ4n) is 2.19. The van der Waals surface area contributed by atoms with Crippen LogP contribution in [-0.2, 0) is 12.5 Å². The van der Waals surface area contributed by atoms with Crippen LogP contribution in [0.2, 0.25) is 0 Å². The maximum absolute atomic E-state index is 13.5. The summed E-state index contributed by atoms with van der Waals surface area (Å²) < 4.78 is 26.9. The Morgan fingerprint density at radius 3 is 2.33 bits per heavy atom. The van der Waals surface area contributed by atoms with E-state index < -0.39 is 5.92 Å². The molecule has 1 heterocycles. The van der Waals surface area contributed by atoms with Gasteiger partial charge in [-0.15, -0.1) is 0 Å². The fourth-order valence-corrected chi connectivity index (χ4v) is 2.19. The van der Waals surface area contributed by atoms with Gasteiger partial charge in [-0.3, -0.25) is 4.90 Å². The lowest BCUT2D eigenvalue weighted by Crippen LogP contribution is -2.42. The van der Waals surface area contributed by atoms with Crippen molar-refractivity contribution in [1.82, 2.24) is 10.2 Å². The molecule has 0 atom stereocenters. The van der Waals surface area contributed by atoms with E-state index in [4.69, 9.17) is 0 Å². The Hall–Kier alpha value is -1.00.